The number of nitrogens with zero attached hydrogens (tertiary/aromatic N) is 3. The van der Waals surface area contributed by atoms with Crippen molar-refractivity contribution in [3.8, 4) is 33.6 Å². The van der Waals surface area contributed by atoms with E-state index in [2.05, 4.69) is 27.1 Å². The first-order chi connectivity index (χ1) is 30.9. The summed E-state index contributed by atoms with van der Waals surface area (Å²) >= 11 is 0. The number of aromatic nitrogens is 3. The van der Waals surface area contributed by atoms with E-state index in [4.69, 9.17) is 27.7 Å². The van der Waals surface area contributed by atoms with Crippen molar-refractivity contribution in [3.63, 3.8) is 0 Å². The summed E-state index contributed by atoms with van der Waals surface area (Å²) in [6.45, 7) is 0.355. The fourth-order valence-electron chi connectivity index (χ4n) is 5.48. The maximum Gasteiger partial charge on any atom is 0.216 e. The van der Waals surface area contributed by atoms with Crippen LogP contribution in [0, 0.1) is 50.4 Å². The molecule has 0 spiro atoms. The second-order valence-electron chi connectivity index (χ2n) is 14.2. The Morgan fingerprint density at radius 3 is 2.19 bits per heavy atom. The molecular formula is C47H49IrN3O-2. The van der Waals surface area contributed by atoms with Crippen LogP contribution in [0.3, 0.4) is 0 Å². The topological polar surface area (TPSA) is 51.8 Å². The molecule has 0 bridgehead atoms. The summed E-state index contributed by atoms with van der Waals surface area (Å²) in [5.41, 5.74) is 0.263. The number of aryl methyl sites for hydroxylation is 4. The number of hydrogen-bond donors (Lipinski definition) is 0. The van der Waals surface area contributed by atoms with Crippen LogP contribution in [0.4, 0.5) is 0 Å². The van der Waals surface area contributed by atoms with Crippen molar-refractivity contribution in [2.24, 2.45) is 10.8 Å². The molecule has 0 aliphatic carbocycles. The molecule has 0 aliphatic rings. The van der Waals surface area contributed by atoms with E-state index in [1.807, 2.05) is 20.8 Å². The number of rotatable bonds is 5. The van der Waals surface area contributed by atoms with Gasteiger partial charge in [-0.1, -0.05) is 95.7 Å². The maximum atomic E-state index is 8.90. The third kappa shape index (κ3) is 9.31. The summed E-state index contributed by atoms with van der Waals surface area (Å²) < 4.78 is 143. The molecule has 52 heavy (non-hydrogen) atoms. The fraction of sp³-hybridized carbons (Fsp3) is 0.298. The molecule has 7 aromatic rings. The van der Waals surface area contributed by atoms with Crippen LogP contribution in [0.15, 0.2) is 95.6 Å². The molecule has 7 rings (SSSR count). The van der Waals surface area contributed by atoms with E-state index in [0.29, 0.717) is 27.6 Å². The van der Waals surface area contributed by atoms with Gasteiger partial charge in [0.25, 0.3) is 0 Å². The van der Waals surface area contributed by atoms with Gasteiger partial charge in [0.2, 0.25) is 5.71 Å². The van der Waals surface area contributed by atoms with Gasteiger partial charge in [-0.3, -0.25) is 0 Å². The van der Waals surface area contributed by atoms with Gasteiger partial charge in [0.15, 0.2) is 0 Å². The molecule has 5 heteroatoms. The quantitative estimate of drug-likeness (QED) is 0.162. The van der Waals surface area contributed by atoms with Crippen LogP contribution >= 0.6 is 0 Å². The monoisotopic (exact) mass is 881 g/mol. The van der Waals surface area contributed by atoms with E-state index < -0.39 is 51.0 Å². The van der Waals surface area contributed by atoms with E-state index in [1.54, 1.807) is 63.2 Å². The number of pyridine rings is 3. The van der Waals surface area contributed by atoms with Crippen molar-refractivity contribution in [2.75, 3.05) is 0 Å². The first-order valence-electron chi connectivity index (χ1n) is 24.8. The maximum absolute atomic E-state index is 8.90. The summed E-state index contributed by atoms with van der Waals surface area (Å²) in [5.74, 6) is 0. The molecule has 4 heterocycles. The minimum Gasteiger partial charge on any atom is -0.486 e. The van der Waals surface area contributed by atoms with Crippen LogP contribution in [0.1, 0.15) is 98.4 Å². The van der Waals surface area contributed by atoms with Crippen LogP contribution in [0.2, 0.25) is 0 Å². The van der Waals surface area contributed by atoms with E-state index >= 15 is 0 Å². The molecule has 0 amide bonds. The van der Waals surface area contributed by atoms with Crippen LogP contribution in [0.5, 0.6) is 0 Å². The molecule has 0 fully saturated rings. The van der Waals surface area contributed by atoms with Crippen molar-refractivity contribution in [3.05, 3.63) is 137 Å². The second-order valence-corrected chi connectivity index (χ2v) is 14.2. The molecule has 4 nitrogen and oxygen atoms in total. The molecule has 1 radical (unpaired) electrons. The van der Waals surface area contributed by atoms with Crippen molar-refractivity contribution in [1.29, 1.82) is 0 Å². The smallest absolute Gasteiger partial charge is 0.216 e. The largest absolute Gasteiger partial charge is 0.486 e. The Balaban J connectivity index is 0.000000312. The molecule has 0 atom stereocenters. The third-order valence-electron chi connectivity index (χ3n) is 7.56. The Hall–Kier alpha value is -4.44. The SMILES string of the molecule is [2H]C([2H])([2H])c1c[c-]c(-c2ccc(C([2H])([2H])C(C)(C)C)cn2)cc1.[2H]c1cc(C([2H])([2H])C(C)(C)C)cc(C([2H])([2H])[2H])c1-c1cc(-c2[c-]ccc3c2oc2nc(C([2H])([2H])[2H])ccc23)ncc1C([2H])([2H])[2H].[Ir]. The summed E-state index contributed by atoms with van der Waals surface area (Å²) in [6.07, 6.45) is -0.876. The normalized spacial score (nSPS) is 18.0. The van der Waals surface area contributed by atoms with E-state index in [0.717, 1.165) is 6.20 Å². The van der Waals surface area contributed by atoms with Gasteiger partial charge in [0.1, 0.15) is 0 Å². The van der Waals surface area contributed by atoms with Crippen LogP contribution in [-0.2, 0) is 32.9 Å². The van der Waals surface area contributed by atoms with E-state index in [-0.39, 0.29) is 87.8 Å². The zero-order valence-corrected chi connectivity index (χ0v) is 32.1. The number of hydrogen-bond acceptors (Lipinski definition) is 4. The number of benzene rings is 3. The predicted octanol–water partition coefficient (Wildman–Crippen LogP) is 12.5. The minimum atomic E-state index is -2.83. The molecule has 4 aromatic heterocycles. The molecule has 0 unspecified atom stereocenters. The number of fused-ring (bicyclic) bond motifs is 3. The van der Waals surface area contributed by atoms with Gasteiger partial charge in [-0.05, 0) is 101 Å². The Morgan fingerprint density at radius 2 is 1.52 bits per heavy atom. The molecule has 269 valence electrons. The Kier molecular flexibility index (Phi) is 6.61. The minimum absolute atomic E-state index is 0. The summed E-state index contributed by atoms with van der Waals surface area (Å²) in [7, 11) is 0. The number of furan rings is 1. The summed E-state index contributed by atoms with van der Waals surface area (Å²) in [4.78, 5) is 12.8. The molecule has 0 aliphatic heterocycles. The van der Waals surface area contributed by atoms with Crippen molar-refractivity contribution in [2.45, 2.75) is 81.7 Å². The van der Waals surface area contributed by atoms with Gasteiger partial charge in [-0.2, -0.15) is 0 Å². The van der Waals surface area contributed by atoms with Crippen LogP contribution in [-0.4, -0.2) is 15.0 Å². The molecule has 0 saturated heterocycles. The van der Waals surface area contributed by atoms with Gasteiger partial charge in [0.05, 0.1) is 6.95 Å². The van der Waals surface area contributed by atoms with Gasteiger partial charge < -0.3 is 14.4 Å². The van der Waals surface area contributed by atoms with Crippen LogP contribution < -0.4 is 0 Å². The standard InChI is InChI=1S/C30H29N2O.C17H20N.Ir/c1-18-14-21(16-30(4,5)6)11-13-22(18)26-15-27(31-17-19(26)2)25-9-7-8-23-24-12-10-20(3)32-29(24)33-28(23)25;1-13-5-8-15(9-6-13)16-10-7-14(12-18-16)11-17(2,3)4;/h7-8,10-15,17H,16H2,1-6H3;5-8,10,12H,11H2,1-4H3;/q2*-1;/i1D3,2D3,3D3,13D,16D2;1D3,11D2;. The third-order valence-corrected chi connectivity index (χ3v) is 7.56. The zero-order valence-electron chi connectivity index (χ0n) is 46.7. The van der Waals surface area contributed by atoms with E-state index in [1.165, 1.54) is 36.5 Å². The van der Waals surface area contributed by atoms with Crippen molar-refractivity contribution >= 4 is 22.1 Å². The van der Waals surface area contributed by atoms with Gasteiger partial charge in [-0.25, -0.2) is 4.98 Å². The van der Waals surface area contributed by atoms with E-state index in [9.17, 15) is 0 Å². The second kappa shape index (κ2) is 15.7. The van der Waals surface area contributed by atoms with Crippen molar-refractivity contribution < 1.29 is 47.8 Å². The Bertz CT molecular complexity index is 2980. The fourth-order valence-corrected chi connectivity index (χ4v) is 5.48. The first-order valence-corrected chi connectivity index (χ1v) is 16.3. The van der Waals surface area contributed by atoms with Crippen molar-refractivity contribution in [1.82, 2.24) is 15.0 Å². The zero-order chi connectivity index (χ0) is 51.0. The molecule has 0 saturated carbocycles. The predicted molar refractivity (Wildman–Crippen MR) is 213 cm³/mol. The first kappa shape index (κ1) is 21.9. The van der Waals surface area contributed by atoms with Crippen LogP contribution in [0.25, 0.3) is 55.7 Å². The van der Waals surface area contributed by atoms with Gasteiger partial charge in [0, 0.05) is 65.5 Å². The van der Waals surface area contributed by atoms with Gasteiger partial charge in [-0.15, -0.1) is 53.6 Å². The Morgan fingerprint density at radius 1 is 0.731 bits per heavy atom. The summed E-state index contributed by atoms with van der Waals surface area (Å²) in [6, 6.07) is 23.8. The molecular weight excluding hydrogens is 815 g/mol. The average molecular weight is 881 g/mol. The average Bonchev–Trinajstić information content (AvgIpc) is 3.60. The Labute approximate surface area is 347 Å². The van der Waals surface area contributed by atoms with Gasteiger partial charge >= 0.3 is 0 Å². The molecule has 3 aromatic carbocycles. The summed E-state index contributed by atoms with van der Waals surface area (Å²) in [5, 5.41) is 1.11. The molecule has 0 N–H and O–H groups in total.